The van der Waals surface area contributed by atoms with E-state index in [0.717, 1.165) is 35.3 Å². The van der Waals surface area contributed by atoms with Crippen LogP contribution in [0.25, 0.3) is 22.4 Å². The number of para-hydroxylation sites is 2. The number of nitrogens with zero attached hydrogens (tertiary/aromatic N) is 1. The van der Waals surface area contributed by atoms with E-state index in [1.54, 1.807) is 7.11 Å². The van der Waals surface area contributed by atoms with Crippen molar-refractivity contribution in [2.75, 3.05) is 7.11 Å². The minimum absolute atomic E-state index is 0.256. The first-order valence-electron chi connectivity index (χ1n) is 8.24. The van der Waals surface area contributed by atoms with Gasteiger partial charge >= 0.3 is 0 Å². The fourth-order valence-corrected chi connectivity index (χ4v) is 3.48. The van der Waals surface area contributed by atoms with Gasteiger partial charge in [-0.2, -0.15) is 0 Å². The van der Waals surface area contributed by atoms with Crippen LogP contribution in [0, 0.1) is 0 Å². The number of hydrogen-bond donors (Lipinski definition) is 1. The van der Waals surface area contributed by atoms with Gasteiger partial charge in [0.15, 0.2) is 11.5 Å². The molecule has 0 aliphatic heterocycles. The maximum Gasteiger partial charge on any atom is 0.163 e. The molecule has 5 heteroatoms. The number of rotatable bonds is 4. The predicted octanol–water partition coefficient (Wildman–Crippen LogP) is 5.21. The molecule has 1 aliphatic rings. The molecule has 0 bridgehead atoms. The van der Waals surface area contributed by atoms with Crippen LogP contribution in [0.15, 0.2) is 36.4 Å². The van der Waals surface area contributed by atoms with Crippen molar-refractivity contribution in [3.63, 3.8) is 0 Å². The van der Waals surface area contributed by atoms with Crippen LogP contribution < -0.4 is 9.47 Å². The van der Waals surface area contributed by atoms with E-state index in [4.69, 9.17) is 21.1 Å². The van der Waals surface area contributed by atoms with E-state index in [1.807, 2.05) is 36.4 Å². The number of H-pyrrole nitrogens is 1. The highest BCUT2D eigenvalue weighted by Crippen LogP contribution is 2.39. The molecule has 1 N–H and O–H groups in total. The maximum absolute atomic E-state index is 6.51. The zero-order chi connectivity index (χ0) is 16.5. The van der Waals surface area contributed by atoms with E-state index in [1.165, 1.54) is 12.8 Å². The number of aromatic amines is 1. The van der Waals surface area contributed by atoms with Crippen molar-refractivity contribution in [3.05, 3.63) is 41.4 Å². The van der Waals surface area contributed by atoms with Crippen LogP contribution in [-0.4, -0.2) is 23.2 Å². The number of hydrogen-bond acceptors (Lipinski definition) is 3. The normalized spacial score (nSPS) is 15.1. The molecular formula is C19H19ClN2O2. The van der Waals surface area contributed by atoms with Crippen LogP contribution in [0.3, 0.4) is 0 Å². The summed E-state index contributed by atoms with van der Waals surface area (Å²) in [5, 5.41) is 0.600. The van der Waals surface area contributed by atoms with Crippen LogP contribution in [0.1, 0.15) is 25.7 Å². The lowest BCUT2D eigenvalue weighted by Crippen LogP contribution is -2.11. The second-order valence-corrected chi connectivity index (χ2v) is 6.52. The first-order chi connectivity index (χ1) is 11.7. The van der Waals surface area contributed by atoms with Crippen molar-refractivity contribution in [2.24, 2.45) is 0 Å². The highest BCUT2D eigenvalue weighted by atomic mass is 35.5. The Kier molecular flexibility index (Phi) is 4.07. The Morgan fingerprint density at radius 2 is 1.92 bits per heavy atom. The van der Waals surface area contributed by atoms with Gasteiger partial charge in [0.1, 0.15) is 5.82 Å². The zero-order valence-electron chi connectivity index (χ0n) is 13.5. The van der Waals surface area contributed by atoms with Crippen molar-refractivity contribution in [3.8, 4) is 22.9 Å². The summed E-state index contributed by atoms with van der Waals surface area (Å²) >= 11 is 6.51. The molecule has 2 aromatic carbocycles. The Hall–Kier alpha value is -2.20. The monoisotopic (exact) mass is 342 g/mol. The van der Waals surface area contributed by atoms with Crippen LogP contribution in [-0.2, 0) is 0 Å². The fraction of sp³-hybridized carbons (Fsp3) is 0.316. The molecule has 0 spiro atoms. The first kappa shape index (κ1) is 15.3. The minimum Gasteiger partial charge on any atom is -0.493 e. The van der Waals surface area contributed by atoms with Gasteiger partial charge in [0, 0.05) is 11.6 Å². The number of imidazole rings is 1. The van der Waals surface area contributed by atoms with Gasteiger partial charge in [-0.25, -0.2) is 4.98 Å². The average molecular weight is 343 g/mol. The van der Waals surface area contributed by atoms with Gasteiger partial charge in [-0.3, -0.25) is 0 Å². The second kappa shape index (κ2) is 6.36. The lowest BCUT2D eigenvalue weighted by atomic mass is 10.2. The van der Waals surface area contributed by atoms with Gasteiger partial charge in [0.25, 0.3) is 0 Å². The van der Waals surface area contributed by atoms with Crippen molar-refractivity contribution in [1.82, 2.24) is 9.97 Å². The summed E-state index contributed by atoms with van der Waals surface area (Å²) in [6, 6.07) is 11.6. The molecule has 124 valence electrons. The van der Waals surface area contributed by atoms with Crippen LogP contribution >= 0.6 is 11.6 Å². The molecule has 0 saturated heterocycles. The van der Waals surface area contributed by atoms with Crippen molar-refractivity contribution in [2.45, 2.75) is 31.8 Å². The van der Waals surface area contributed by atoms with E-state index in [-0.39, 0.29) is 6.10 Å². The highest BCUT2D eigenvalue weighted by Gasteiger charge is 2.20. The summed E-state index contributed by atoms with van der Waals surface area (Å²) in [5.74, 6) is 2.11. The van der Waals surface area contributed by atoms with Gasteiger partial charge in [-0.15, -0.1) is 0 Å². The van der Waals surface area contributed by atoms with Gasteiger partial charge in [0.05, 0.1) is 29.3 Å². The molecule has 24 heavy (non-hydrogen) atoms. The molecule has 1 heterocycles. The smallest absolute Gasteiger partial charge is 0.163 e. The van der Waals surface area contributed by atoms with E-state index < -0.39 is 0 Å². The topological polar surface area (TPSA) is 47.1 Å². The standard InChI is InChI=1S/C19H19ClN2O2/c1-23-17-10-13(19-21-15-8-4-5-9-16(15)22-19)14(20)11-18(17)24-12-6-2-3-7-12/h4-5,8-12H,2-3,6-7H2,1H3,(H,21,22). The molecule has 4 rings (SSSR count). The Bertz CT molecular complexity index is 836. The maximum atomic E-state index is 6.51. The molecule has 1 fully saturated rings. The first-order valence-corrected chi connectivity index (χ1v) is 8.61. The van der Waals surface area contributed by atoms with Crippen molar-refractivity contribution >= 4 is 22.6 Å². The lowest BCUT2D eigenvalue weighted by Gasteiger charge is -2.17. The Morgan fingerprint density at radius 1 is 1.12 bits per heavy atom. The van der Waals surface area contributed by atoms with Crippen LogP contribution in [0.5, 0.6) is 11.5 Å². The summed E-state index contributed by atoms with van der Waals surface area (Å²) in [6.45, 7) is 0. The van der Waals surface area contributed by atoms with Crippen molar-refractivity contribution in [1.29, 1.82) is 0 Å². The van der Waals surface area contributed by atoms with E-state index in [2.05, 4.69) is 9.97 Å². The summed E-state index contributed by atoms with van der Waals surface area (Å²) in [5.41, 5.74) is 2.70. The third-order valence-corrected chi connectivity index (χ3v) is 4.81. The van der Waals surface area contributed by atoms with E-state index in [9.17, 15) is 0 Å². The molecule has 1 saturated carbocycles. The van der Waals surface area contributed by atoms with Gasteiger partial charge in [0.2, 0.25) is 0 Å². The number of nitrogens with one attached hydrogen (secondary N) is 1. The number of ether oxygens (including phenoxy) is 2. The molecule has 3 aromatic rings. The molecule has 0 radical (unpaired) electrons. The number of methoxy groups -OCH3 is 1. The van der Waals surface area contributed by atoms with Gasteiger partial charge in [-0.05, 0) is 43.9 Å². The Morgan fingerprint density at radius 3 is 2.67 bits per heavy atom. The Labute approximate surface area is 145 Å². The van der Waals surface area contributed by atoms with Crippen molar-refractivity contribution < 1.29 is 9.47 Å². The molecule has 1 aromatic heterocycles. The third-order valence-electron chi connectivity index (χ3n) is 4.49. The lowest BCUT2D eigenvalue weighted by molar-refractivity contribution is 0.201. The summed E-state index contributed by atoms with van der Waals surface area (Å²) in [6.07, 6.45) is 4.88. The minimum atomic E-state index is 0.256. The number of fused-ring (bicyclic) bond motifs is 1. The van der Waals surface area contributed by atoms with Gasteiger partial charge in [-0.1, -0.05) is 23.7 Å². The Balaban J connectivity index is 1.72. The fourth-order valence-electron chi connectivity index (χ4n) is 3.23. The molecule has 0 amide bonds. The van der Waals surface area contributed by atoms with Crippen LogP contribution in [0.2, 0.25) is 5.02 Å². The molecule has 1 aliphatic carbocycles. The largest absolute Gasteiger partial charge is 0.493 e. The summed E-state index contributed by atoms with van der Waals surface area (Å²) < 4.78 is 11.6. The number of benzene rings is 2. The molecule has 0 atom stereocenters. The molecular weight excluding hydrogens is 324 g/mol. The summed E-state index contributed by atoms with van der Waals surface area (Å²) in [7, 11) is 1.65. The van der Waals surface area contributed by atoms with E-state index >= 15 is 0 Å². The van der Waals surface area contributed by atoms with Crippen LogP contribution in [0.4, 0.5) is 0 Å². The highest BCUT2D eigenvalue weighted by molar-refractivity contribution is 6.33. The number of aromatic nitrogens is 2. The zero-order valence-corrected chi connectivity index (χ0v) is 14.3. The predicted molar refractivity (Wildman–Crippen MR) is 96.0 cm³/mol. The van der Waals surface area contributed by atoms with E-state index in [0.29, 0.717) is 16.5 Å². The summed E-state index contributed by atoms with van der Waals surface area (Å²) in [4.78, 5) is 7.92. The molecule has 0 unspecified atom stereocenters. The second-order valence-electron chi connectivity index (χ2n) is 6.11. The SMILES string of the molecule is COc1cc(-c2nc3ccccc3[nH]2)c(Cl)cc1OC1CCCC1. The molecule has 4 nitrogen and oxygen atoms in total. The third kappa shape index (κ3) is 2.82. The number of halogens is 1. The van der Waals surface area contributed by atoms with Gasteiger partial charge < -0.3 is 14.5 Å². The average Bonchev–Trinajstić information content (AvgIpc) is 3.24. The quantitative estimate of drug-likeness (QED) is 0.707.